The highest BCUT2D eigenvalue weighted by Crippen LogP contribution is 2.18. The lowest BCUT2D eigenvalue weighted by molar-refractivity contribution is 0.191. The van der Waals surface area contributed by atoms with Gasteiger partial charge in [-0.2, -0.15) is 0 Å². The number of likely N-dealkylation sites (tertiary alicyclic amines) is 1. The fourth-order valence-corrected chi connectivity index (χ4v) is 3.13. The second kappa shape index (κ2) is 11.0. The van der Waals surface area contributed by atoms with E-state index in [1.54, 1.807) is 7.11 Å². The van der Waals surface area contributed by atoms with Gasteiger partial charge < -0.3 is 20.3 Å². The van der Waals surface area contributed by atoms with Crippen LogP contribution in [0.2, 0.25) is 0 Å². The van der Waals surface area contributed by atoms with Crippen LogP contribution in [0.25, 0.3) is 0 Å². The molecule has 1 saturated heterocycles. The van der Waals surface area contributed by atoms with Crippen molar-refractivity contribution in [1.82, 2.24) is 15.5 Å². The van der Waals surface area contributed by atoms with Crippen molar-refractivity contribution in [3.05, 3.63) is 29.8 Å². The van der Waals surface area contributed by atoms with E-state index in [4.69, 9.17) is 4.74 Å². The number of para-hydroxylation sites is 1. The van der Waals surface area contributed by atoms with Crippen molar-refractivity contribution < 1.29 is 4.74 Å². The van der Waals surface area contributed by atoms with Gasteiger partial charge in [0.15, 0.2) is 5.96 Å². The van der Waals surface area contributed by atoms with Crippen LogP contribution in [0.1, 0.15) is 38.7 Å². The normalized spacial score (nSPS) is 16.7. The number of hydrogen-bond acceptors (Lipinski definition) is 3. The van der Waals surface area contributed by atoms with Crippen molar-refractivity contribution in [3.8, 4) is 5.75 Å². The highest BCUT2D eigenvalue weighted by atomic mass is 16.5. The van der Waals surface area contributed by atoms with Crippen LogP contribution in [-0.2, 0) is 6.54 Å². The summed E-state index contributed by atoms with van der Waals surface area (Å²) in [6.07, 6.45) is 3.83. The van der Waals surface area contributed by atoms with Crippen molar-refractivity contribution >= 4 is 5.96 Å². The molecule has 1 aromatic rings. The van der Waals surface area contributed by atoms with Crippen LogP contribution < -0.4 is 15.4 Å². The first-order valence-electron chi connectivity index (χ1n) is 9.59. The van der Waals surface area contributed by atoms with E-state index in [9.17, 15) is 0 Å². The first-order valence-corrected chi connectivity index (χ1v) is 9.59. The van der Waals surface area contributed by atoms with Gasteiger partial charge in [0.25, 0.3) is 0 Å². The van der Waals surface area contributed by atoms with E-state index in [1.807, 2.05) is 18.2 Å². The maximum absolute atomic E-state index is 5.40. The average Bonchev–Trinajstić information content (AvgIpc) is 2.64. The molecule has 0 spiro atoms. The minimum Gasteiger partial charge on any atom is -0.496 e. The topological polar surface area (TPSA) is 48.9 Å². The maximum Gasteiger partial charge on any atom is 0.191 e. The molecule has 1 aromatic carbocycles. The predicted molar refractivity (Wildman–Crippen MR) is 105 cm³/mol. The molecule has 0 atom stereocenters. The number of nitrogens with one attached hydrogen (secondary N) is 2. The molecular weight excluding hydrogens is 312 g/mol. The van der Waals surface area contributed by atoms with Gasteiger partial charge in [-0.25, -0.2) is 4.99 Å². The Kier molecular flexibility index (Phi) is 8.60. The molecule has 1 aliphatic heterocycles. The Bertz CT molecular complexity index is 524. The minimum atomic E-state index is 0.614. The van der Waals surface area contributed by atoms with E-state index in [0.717, 1.165) is 42.7 Å². The Morgan fingerprint density at radius 3 is 2.72 bits per heavy atom. The third-order valence-corrected chi connectivity index (χ3v) is 4.76. The Hall–Kier alpha value is -1.75. The molecule has 0 saturated carbocycles. The van der Waals surface area contributed by atoms with E-state index in [0.29, 0.717) is 6.54 Å². The number of nitrogens with zero attached hydrogens (tertiary/aromatic N) is 2. The zero-order valence-corrected chi connectivity index (χ0v) is 16.1. The number of rotatable bonds is 8. The van der Waals surface area contributed by atoms with Gasteiger partial charge in [-0.3, -0.25) is 0 Å². The van der Waals surface area contributed by atoms with Crippen molar-refractivity contribution in [2.45, 2.75) is 39.7 Å². The minimum absolute atomic E-state index is 0.614. The monoisotopic (exact) mass is 346 g/mol. The molecular formula is C20H34N4O. The number of hydrogen-bond donors (Lipinski definition) is 2. The van der Waals surface area contributed by atoms with Crippen LogP contribution in [0.15, 0.2) is 29.3 Å². The molecule has 0 unspecified atom stereocenters. The molecule has 2 rings (SSSR count). The van der Waals surface area contributed by atoms with Crippen LogP contribution in [0.3, 0.4) is 0 Å². The molecule has 1 fully saturated rings. The lowest BCUT2D eigenvalue weighted by atomic mass is 9.99. The van der Waals surface area contributed by atoms with E-state index < -0.39 is 0 Å². The van der Waals surface area contributed by atoms with Crippen molar-refractivity contribution in [2.24, 2.45) is 10.9 Å². The third kappa shape index (κ3) is 6.94. The van der Waals surface area contributed by atoms with Gasteiger partial charge in [-0.15, -0.1) is 0 Å². The average molecular weight is 347 g/mol. The Labute approximate surface area is 152 Å². The van der Waals surface area contributed by atoms with Gasteiger partial charge in [0, 0.05) is 18.7 Å². The Morgan fingerprint density at radius 2 is 2.00 bits per heavy atom. The van der Waals surface area contributed by atoms with Crippen LogP contribution in [0.5, 0.6) is 5.75 Å². The number of piperidine rings is 1. The maximum atomic E-state index is 5.40. The Balaban J connectivity index is 1.75. The fourth-order valence-electron chi connectivity index (χ4n) is 3.13. The summed E-state index contributed by atoms with van der Waals surface area (Å²) in [4.78, 5) is 7.27. The number of aliphatic imine (C=N–C) groups is 1. The summed E-state index contributed by atoms with van der Waals surface area (Å²) in [6, 6.07) is 8.04. The zero-order chi connectivity index (χ0) is 17.9. The number of methoxy groups -OCH3 is 1. The van der Waals surface area contributed by atoms with Gasteiger partial charge in [-0.1, -0.05) is 25.1 Å². The summed E-state index contributed by atoms with van der Waals surface area (Å²) in [5.74, 6) is 2.67. The third-order valence-electron chi connectivity index (χ3n) is 4.76. The van der Waals surface area contributed by atoms with Crippen molar-refractivity contribution in [2.75, 3.05) is 39.8 Å². The molecule has 2 N–H and O–H groups in total. The summed E-state index contributed by atoms with van der Waals surface area (Å²) >= 11 is 0. The lowest BCUT2D eigenvalue weighted by Gasteiger charge is -2.30. The van der Waals surface area contributed by atoms with Gasteiger partial charge >= 0.3 is 0 Å². The van der Waals surface area contributed by atoms with Crippen molar-refractivity contribution in [1.29, 1.82) is 0 Å². The summed E-state index contributed by atoms with van der Waals surface area (Å²) < 4.78 is 5.40. The summed E-state index contributed by atoms with van der Waals surface area (Å²) in [6.45, 7) is 10.6. The van der Waals surface area contributed by atoms with Crippen LogP contribution >= 0.6 is 0 Å². The van der Waals surface area contributed by atoms with E-state index in [1.165, 1.54) is 32.5 Å². The molecule has 0 aromatic heterocycles. The molecule has 1 aliphatic rings. The Morgan fingerprint density at radius 1 is 1.24 bits per heavy atom. The fraction of sp³-hybridized carbons (Fsp3) is 0.650. The summed E-state index contributed by atoms with van der Waals surface area (Å²) in [5, 5.41) is 6.77. The number of benzene rings is 1. The van der Waals surface area contributed by atoms with Gasteiger partial charge in [0.1, 0.15) is 5.75 Å². The molecule has 0 radical (unpaired) electrons. The summed E-state index contributed by atoms with van der Waals surface area (Å²) in [7, 11) is 1.70. The van der Waals surface area contributed by atoms with Crippen LogP contribution in [0.4, 0.5) is 0 Å². The molecule has 140 valence electrons. The largest absolute Gasteiger partial charge is 0.496 e. The highest BCUT2D eigenvalue weighted by Gasteiger charge is 2.14. The van der Waals surface area contributed by atoms with E-state index in [2.05, 4.69) is 40.4 Å². The second-order valence-electron chi connectivity index (χ2n) is 6.81. The number of ether oxygens (including phenoxy) is 1. The van der Waals surface area contributed by atoms with Gasteiger partial charge in [0.2, 0.25) is 0 Å². The number of guanidine groups is 1. The molecule has 1 heterocycles. The van der Waals surface area contributed by atoms with Crippen molar-refractivity contribution in [3.63, 3.8) is 0 Å². The van der Waals surface area contributed by atoms with Gasteiger partial charge in [-0.05, 0) is 57.8 Å². The highest BCUT2D eigenvalue weighted by molar-refractivity contribution is 5.79. The van der Waals surface area contributed by atoms with Crippen LogP contribution in [0, 0.1) is 5.92 Å². The summed E-state index contributed by atoms with van der Waals surface area (Å²) in [5.41, 5.74) is 1.10. The molecule has 25 heavy (non-hydrogen) atoms. The standard InChI is InChI=1S/C20H34N4O/c1-4-21-20(23-16-18-8-5-6-9-19(18)25-3)22-12-7-13-24-14-10-17(2)11-15-24/h5-6,8-9,17H,4,7,10-16H2,1-3H3,(H2,21,22,23). The first kappa shape index (κ1) is 19.6. The first-order chi connectivity index (χ1) is 12.2. The SMILES string of the molecule is CCNC(=NCc1ccccc1OC)NCCCN1CCC(C)CC1. The quantitative estimate of drug-likeness (QED) is 0.432. The lowest BCUT2D eigenvalue weighted by Crippen LogP contribution is -2.39. The molecule has 5 heteroatoms. The predicted octanol–water partition coefficient (Wildman–Crippen LogP) is 2.87. The molecule has 0 amide bonds. The van der Waals surface area contributed by atoms with Gasteiger partial charge in [0.05, 0.1) is 13.7 Å². The molecule has 0 aliphatic carbocycles. The molecule has 5 nitrogen and oxygen atoms in total. The molecule has 0 bridgehead atoms. The smallest absolute Gasteiger partial charge is 0.191 e. The van der Waals surface area contributed by atoms with E-state index in [-0.39, 0.29) is 0 Å². The van der Waals surface area contributed by atoms with Crippen LogP contribution in [-0.4, -0.2) is 50.7 Å². The zero-order valence-electron chi connectivity index (χ0n) is 16.1. The second-order valence-corrected chi connectivity index (χ2v) is 6.81. The van der Waals surface area contributed by atoms with E-state index >= 15 is 0 Å².